The van der Waals surface area contributed by atoms with Crippen LogP contribution in [0.2, 0.25) is 0 Å². The van der Waals surface area contributed by atoms with Crippen molar-refractivity contribution < 1.29 is 4.74 Å². The lowest BCUT2D eigenvalue weighted by atomic mass is 10.0. The van der Waals surface area contributed by atoms with Crippen molar-refractivity contribution in [2.75, 3.05) is 6.61 Å². The summed E-state index contributed by atoms with van der Waals surface area (Å²) < 4.78 is 5.47. The van der Waals surface area contributed by atoms with E-state index in [1.54, 1.807) is 0 Å². The first-order valence-corrected chi connectivity index (χ1v) is 3.90. The van der Waals surface area contributed by atoms with Gasteiger partial charge in [0.05, 0.1) is 6.10 Å². The summed E-state index contributed by atoms with van der Waals surface area (Å²) in [7, 11) is 0. The molecule has 0 N–H and O–H groups in total. The molecule has 1 saturated heterocycles. The number of hydrogen-bond acceptors (Lipinski definition) is 1. The molecule has 0 radical (unpaired) electrons. The summed E-state index contributed by atoms with van der Waals surface area (Å²) >= 11 is 0. The maximum atomic E-state index is 5.47. The summed E-state index contributed by atoms with van der Waals surface area (Å²) in [6.07, 6.45) is 4.36. The average Bonchev–Trinajstić information content (AvgIpc) is 1.97. The molecule has 2 atom stereocenters. The minimum Gasteiger partial charge on any atom is -0.378 e. The maximum Gasteiger partial charge on any atom is 0.0547 e. The third-order valence-electron chi connectivity index (χ3n) is 2.08. The van der Waals surface area contributed by atoms with Crippen LogP contribution in [-0.4, -0.2) is 12.7 Å². The Morgan fingerprint density at radius 3 is 2.67 bits per heavy atom. The Morgan fingerprint density at radius 2 is 1.89 bits per heavy atom. The van der Waals surface area contributed by atoms with Crippen LogP contribution in [0.3, 0.4) is 0 Å². The fourth-order valence-corrected chi connectivity index (χ4v) is 1.22. The zero-order valence-corrected chi connectivity index (χ0v) is 6.39. The van der Waals surface area contributed by atoms with Crippen LogP contribution in [0.5, 0.6) is 0 Å². The number of ether oxygens (including phenoxy) is 1. The monoisotopic (exact) mass is 128 g/mol. The molecule has 1 heteroatoms. The van der Waals surface area contributed by atoms with Crippen molar-refractivity contribution >= 4 is 0 Å². The second kappa shape index (κ2) is 3.21. The van der Waals surface area contributed by atoms with E-state index in [0.29, 0.717) is 6.10 Å². The highest BCUT2D eigenvalue weighted by atomic mass is 16.5. The summed E-state index contributed by atoms with van der Waals surface area (Å²) in [5.41, 5.74) is 0. The van der Waals surface area contributed by atoms with Crippen molar-refractivity contribution in [1.82, 2.24) is 0 Å². The summed E-state index contributed by atoms with van der Waals surface area (Å²) in [4.78, 5) is 0. The highest BCUT2D eigenvalue weighted by Crippen LogP contribution is 2.17. The SMILES string of the molecule is C[C@H]1CCO[C@@H](C)CC1. The van der Waals surface area contributed by atoms with Crippen LogP contribution >= 0.6 is 0 Å². The van der Waals surface area contributed by atoms with Crippen LogP contribution in [-0.2, 0) is 4.74 Å². The van der Waals surface area contributed by atoms with Gasteiger partial charge in [-0.2, -0.15) is 0 Å². The second-order valence-corrected chi connectivity index (χ2v) is 3.15. The van der Waals surface area contributed by atoms with Gasteiger partial charge in [0, 0.05) is 6.61 Å². The molecule has 0 aliphatic carbocycles. The van der Waals surface area contributed by atoms with Crippen molar-refractivity contribution in [2.24, 2.45) is 5.92 Å². The molecular weight excluding hydrogens is 112 g/mol. The minimum atomic E-state index is 0.509. The van der Waals surface area contributed by atoms with Gasteiger partial charge in [-0.05, 0) is 32.1 Å². The van der Waals surface area contributed by atoms with Crippen LogP contribution in [0.4, 0.5) is 0 Å². The first-order valence-electron chi connectivity index (χ1n) is 3.90. The van der Waals surface area contributed by atoms with E-state index in [1.165, 1.54) is 19.3 Å². The normalized spacial score (nSPS) is 38.0. The quantitative estimate of drug-likeness (QED) is 0.486. The smallest absolute Gasteiger partial charge is 0.0547 e. The van der Waals surface area contributed by atoms with Gasteiger partial charge in [0.1, 0.15) is 0 Å². The Bertz CT molecular complexity index is 70.6. The van der Waals surface area contributed by atoms with Gasteiger partial charge in [0.25, 0.3) is 0 Å². The van der Waals surface area contributed by atoms with E-state index in [0.717, 1.165) is 12.5 Å². The van der Waals surface area contributed by atoms with E-state index in [1.807, 2.05) is 0 Å². The van der Waals surface area contributed by atoms with E-state index >= 15 is 0 Å². The number of rotatable bonds is 0. The van der Waals surface area contributed by atoms with Gasteiger partial charge in [-0.25, -0.2) is 0 Å². The molecule has 1 heterocycles. The third-order valence-corrected chi connectivity index (χ3v) is 2.08. The van der Waals surface area contributed by atoms with Gasteiger partial charge in [-0.1, -0.05) is 6.92 Å². The van der Waals surface area contributed by atoms with E-state index in [9.17, 15) is 0 Å². The van der Waals surface area contributed by atoms with E-state index in [2.05, 4.69) is 13.8 Å². The lowest BCUT2D eigenvalue weighted by Crippen LogP contribution is -2.04. The Hall–Kier alpha value is -0.0400. The van der Waals surface area contributed by atoms with Gasteiger partial charge < -0.3 is 4.74 Å². The predicted molar refractivity (Wildman–Crippen MR) is 38.4 cm³/mol. The van der Waals surface area contributed by atoms with Gasteiger partial charge in [0.15, 0.2) is 0 Å². The van der Waals surface area contributed by atoms with Crippen molar-refractivity contribution in [1.29, 1.82) is 0 Å². The standard InChI is InChI=1S/C8H16O/c1-7-3-4-8(2)9-6-5-7/h7-8H,3-6H2,1-2H3/t7-,8+/m1/s1. The van der Waals surface area contributed by atoms with Crippen LogP contribution < -0.4 is 0 Å². The summed E-state index contributed by atoms with van der Waals surface area (Å²) in [5.74, 6) is 0.884. The molecule has 1 nitrogen and oxygen atoms in total. The highest BCUT2D eigenvalue weighted by molar-refractivity contribution is 4.61. The highest BCUT2D eigenvalue weighted by Gasteiger charge is 2.11. The van der Waals surface area contributed by atoms with E-state index < -0.39 is 0 Å². The second-order valence-electron chi connectivity index (χ2n) is 3.15. The Kier molecular flexibility index (Phi) is 2.52. The molecule has 0 amide bonds. The fraction of sp³-hybridized carbons (Fsp3) is 1.00. The summed E-state index contributed by atoms with van der Waals surface area (Å²) in [6, 6.07) is 0. The van der Waals surface area contributed by atoms with Gasteiger partial charge in [-0.3, -0.25) is 0 Å². The minimum absolute atomic E-state index is 0.509. The molecule has 0 spiro atoms. The van der Waals surface area contributed by atoms with E-state index in [-0.39, 0.29) is 0 Å². The van der Waals surface area contributed by atoms with Crippen LogP contribution in [0.25, 0.3) is 0 Å². The molecule has 0 aromatic heterocycles. The van der Waals surface area contributed by atoms with Crippen molar-refractivity contribution in [3.05, 3.63) is 0 Å². The lowest BCUT2D eigenvalue weighted by Gasteiger charge is -2.05. The largest absolute Gasteiger partial charge is 0.378 e. The predicted octanol–water partition coefficient (Wildman–Crippen LogP) is 2.21. The molecule has 1 aliphatic rings. The first kappa shape index (κ1) is 7.07. The van der Waals surface area contributed by atoms with Crippen molar-refractivity contribution in [3.63, 3.8) is 0 Å². The molecule has 0 saturated carbocycles. The zero-order valence-electron chi connectivity index (χ0n) is 6.39. The molecule has 0 aromatic carbocycles. The molecule has 1 fully saturated rings. The van der Waals surface area contributed by atoms with Gasteiger partial charge >= 0.3 is 0 Å². The molecule has 1 aliphatic heterocycles. The first-order chi connectivity index (χ1) is 4.29. The van der Waals surface area contributed by atoms with Crippen molar-refractivity contribution in [3.8, 4) is 0 Å². The maximum absolute atomic E-state index is 5.47. The Morgan fingerprint density at radius 1 is 1.11 bits per heavy atom. The molecule has 0 unspecified atom stereocenters. The molecule has 54 valence electrons. The third kappa shape index (κ3) is 2.35. The Labute approximate surface area is 57.4 Å². The van der Waals surface area contributed by atoms with Crippen LogP contribution in [0.1, 0.15) is 33.1 Å². The number of hydrogen-bond donors (Lipinski definition) is 0. The van der Waals surface area contributed by atoms with Crippen molar-refractivity contribution in [2.45, 2.75) is 39.2 Å². The molecule has 0 aromatic rings. The van der Waals surface area contributed by atoms with Crippen LogP contribution in [0.15, 0.2) is 0 Å². The Balaban J connectivity index is 2.25. The molecule has 9 heavy (non-hydrogen) atoms. The molecular formula is C8H16O. The summed E-state index contributed by atoms with van der Waals surface area (Å²) in [6.45, 7) is 5.45. The average molecular weight is 128 g/mol. The van der Waals surface area contributed by atoms with E-state index in [4.69, 9.17) is 4.74 Å². The summed E-state index contributed by atoms with van der Waals surface area (Å²) in [5, 5.41) is 0. The molecule has 1 rings (SSSR count). The lowest BCUT2D eigenvalue weighted by molar-refractivity contribution is 0.0713. The molecule has 0 bridgehead atoms. The van der Waals surface area contributed by atoms with Crippen LogP contribution in [0, 0.1) is 5.92 Å². The zero-order chi connectivity index (χ0) is 6.69. The van der Waals surface area contributed by atoms with Gasteiger partial charge in [-0.15, -0.1) is 0 Å². The van der Waals surface area contributed by atoms with Gasteiger partial charge in [0.2, 0.25) is 0 Å². The topological polar surface area (TPSA) is 9.23 Å². The fourth-order valence-electron chi connectivity index (χ4n) is 1.22.